The molecular formula is C16H17BrO3. The molecule has 1 N–H and O–H groups in total. The van der Waals surface area contributed by atoms with E-state index in [2.05, 4.69) is 15.9 Å². The second-order valence-electron chi connectivity index (χ2n) is 4.47. The lowest BCUT2D eigenvalue weighted by atomic mass is 10.1. The molecule has 0 fully saturated rings. The maximum atomic E-state index is 9.58. The third-order valence-electron chi connectivity index (χ3n) is 3.01. The highest BCUT2D eigenvalue weighted by molar-refractivity contribution is 9.10. The Hall–Kier alpha value is -1.52. The van der Waals surface area contributed by atoms with Crippen molar-refractivity contribution < 1.29 is 14.6 Å². The van der Waals surface area contributed by atoms with Crippen LogP contribution >= 0.6 is 15.9 Å². The van der Waals surface area contributed by atoms with Crippen molar-refractivity contribution in [1.29, 1.82) is 0 Å². The summed E-state index contributed by atoms with van der Waals surface area (Å²) in [6.45, 7) is 2.17. The van der Waals surface area contributed by atoms with E-state index >= 15 is 0 Å². The molecular weight excluding hydrogens is 320 g/mol. The molecule has 2 aromatic rings. The van der Waals surface area contributed by atoms with Gasteiger partial charge in [0.2, 0.25) is 0 Å². The Kier molecular flexibility index (Phi) is 5.04. The van der Waals surface area contributed by atoms with E-state index in [0.717, 1.165) is 15.6 Å². The van der Waals surface area contributed by atoms with Gasteiger partial charge in [0, 0.05) is 10.0 Å². The maximum Gasteiger partial charge on any atom is 0.161 e. The molecule has 0 radical (unpaired) electrons. The highest BCUT2D eigenvalue weighted by Gasteiger charge is 2.09. The fraction of sp³-hybridized carbons (Fsp3) is 0.250. The zero-order chi connectivity index (χ0) is 14.5. The highest BCUT2D eigenvalue weighted by Crippen LogP contribution is 2.31. The molecule has 4 heteroatoms. The van der Waals surface area contributed by atoms with Gasteiger partial charge in [0.15, 0.2) is 11.5 Å². The van der Waals surface area contributed by atoms with Crippen molar-refractivity contribution in [3.05, 3.63) is 58.1 Å². The van der Waals surface area contributed by atoms with E-state index in [1.54, 1.807) is 20.1 Å². The summed E-state index contributed by atoms with van der Waals surface area (Å²) in [6, 6.07) is 13.4. The van der Waals surface area contributed by atoms with Crippen LogP contribution < -0.4 is 9.47 Å². The van der Waals surface area contributed by atoms with E-state index in [-0.39, 0.29) is 0 Å². The summed E-state index contributed by atoms with van der Waals surface area (Å²) < 4.78 is 12.1. The molecule has 20 heavy (non-hydrogen) atoms. The number of ether oxygens (including phenoxy) is 2. The van der Waals surface area contributed by atoms with Gasteiger partial charge in [-0.25, -0.2) is 0 Å². The first-order valence-corrected chi connectivity index (χ1v) is 7.13. The molecule has 0 amide bonds. The van der Waals surface area contributed by atoms with Gasteiger partial charge in [-0.15, -0.1) is 0 Å². The second-order valence-corrected chi connectivity index (χ2v) is 5.32. The lowest BCUT2D eigenvalue weighted by Crippen LogP contribution is -2.00. The van der Waals surface area contributed by atoms with Crippen LogP contribution in [0.5, 0.6) is 11.5 Å². The Balaban J connectivity index is 2.15. The minimum absolute atomic E-state index is 0.450. The maximum absolute atomic E-state index is 9.58. The average molecular weight is 337 g/mol. The fourth-order valence-electron chi connectivity index (χ4n) is 1.83. The molecule has 3 nitrogen and oxygen atoms in total. The van der Waals surface area contributed by atoms with Crippen molar-refractivity contribution in [1.82, 2.24) is 0 Å². The molecule has 0 aliphatic rings. The quantitative estimate of drug-likeness (QED) is 0.893. The predicted molar refractivity (Wildman–Crippen MR) is 82.1 cm³/mol. The van der Waals surface area contributed by atoms with Crippen LogP contribution in [0.4, 0.5) is 0 Å². The zero-order valence-corrected chi connectivity index (χ0v) is 13.1. The number of aliphatic hydroxyl groups excluding tert-OH is 1. The van der Waals surface area contributed by atoms with Gasteiger partial charge in [0.25, 0.3) is 0 Å². The van der Waals surface area contributed by atoms with Gasteiger partial charge in [-0.1, -0.05) is 40.2 Å². The normalized spacial score (nSPS) is 12.0. The van der Waals surface area contributed by atoms with Gasteiger partial charge in [0.1, 0.15) is 6.61 Å². The van der Waals surface area contributed by atoms with E-state index < -0.39 is 6.10 Å². The SMILES string of the molecule is COc1cc([C@@H](C)O)ccc1OCc1ccccc1Br. The largest absolute Gasteiger partial charge is 0.493 e. The summed E-state index contributed by atoms with van der Waals surface area (Å²) in [5.74, 6) is 1.28. The second kappa shape index (κ2) is 6.77. The van der Waals surface area contributed by atoms with Gasteiger partial charge in [-0.2, -0.15) is 0 Å². The van der Waals surface area contributed by atoms with Gasteiger partial charge < -0.3 is 14.6 Å². The van der Waals surface area contributed by atoms with Crippen molar-refractivity contribution in [3.63, 3.8) is 0 Å². The Morgan fingerprint density at radius 3 is 2.55 bits per heavy atom. The first-order chi connectivity index (χ1) is 9.61. The summed E-state index contributed by atoms with van der Waals surface area (Å²) in [4.78, 5) is 0. The van der Waals surface area contributed by atoms with Crippen molar-refractivity contribution in [2.45, 2.75) is 19.6 Å². The Bertz CT molecular complexity index is 582. The summed E-state index contributed by atoms with van der Waals surface area (Å²) in [6.07, 6.45) is -0.527. The molecule has 0 spiro atoms. The Labute approximate surface area is 127 Å². The standard InChI is InChI=1S/C16H17BrO3/c1-11(18)12-7-8-15(16(9-12)19-2)20-10-13-5-3-4-6-14(13)17/h3-9,11,18H,10H2,1-2H3/t11-/m1/s1. The first-order valence-electron chi connectivity index (χ1n) is 6.34. The van der Waals surface area contributed by atoms with Crippen LogP contribution in [-0.2, 0) is 6.61 Å². The van der Waals surface area contributed by atoms with Gasteiger partial charge >= 0.3 is 0 Å². The van der Waals surface area contributed by atoms with Crippen LogP contribution in [0.2, 0.25) is 0 Å². The molecule has 0 saturated heterocycles. The van der Waals surface area contributed by atoms with Crippen molar-refractivity contribution in [2.75, 3.05) is 7.11 Å². The van der Waals surface area contributed by atoms with Crippen LogP contribution in [0.3, 0.4) is 0 Å². The van der Waals surface area contributed by atoms with Gasteiger partial charge in [-0.05, 0) is 30.7 Å². The highest BCUT2D eigenvalue weighted by atomic mass is 79.9. The van der Waals surface area contributed by atoms with E-state index in [4.69, 9.17) is 9.47 Å². The first kappa shape index (κ1) is 14.9. The van der Waals surface area contributed by atoms with Crippen LogP contribution in [0.1, 0.15) is 24.2 Å². The number of methoxy groups -OCH3 is 1. The molecule has 0 heterocycles. The van der Waals surface area contributed by atoms with Crippen LogP contribution in [0.15, 0.2) is 46.9 Å². The van der Waals surface area contributed by atoms with Crippen molar-refractivity contribution >= 4 is 15.9 Å². The number of halogens is 1. The third kappa shape index (κ3) is 3.52. The van der Waals surface area contributed by atoms with E-state index in [9.17, 15) is 5.11 Å². The topological polar surface area (TPSA) is 38.7 Å². The third-order valence-corrected chi connectivity index (χ3v) is 3.78. The summed E-state index contributed by atoms with van der Waals surface area (Å²) in [5.41, 5.74) is 1.87. The Morgan fingerprint density at radius 1 is 1.15 bits per heavy atom. The molecule has 0 aliphatic carbocycles. The lowest BCUT2D eigenvalue weighted by Gasteiger charge is -2.13. The Morgan fingerprint density at radius 2 is 1.90 bits per heavy atom. The lowest BCUT2D eigenvalue weighted by molar-refractivity contribution is 0.198. The molecule has 0 unspecified atom stereocenters. The summed E-state index contributed by atoms with van der Waals surface area (Å²) in [5, 5.41) is 9.58. The molecule has 0 aromatic heterocycles. The zero-order valence-electron chi connectivity index (χ0n) is 11.5. The summed E-state index contributed by atoms with van der Waals surface area (Å²) in [7, 11) is 1.59. The average Bonchev–Trinajstić information content (AvgIpc) is 2.46. The van der Waals surface area contributed by atoms with Crippen molar-refractivity contribution in [3.8, 4) is 11.5 Å². The van der Waals surface area contributed by atoms with Crippen LogP contribution in [0, 0.1) is 0 Å². The monoisotopic (exact) mass is 336 g/mol. The van der Waals surface area contributed by atoms with Gasteiger partial charge in [0.05, 0.1) is 13.2 Å². The predicted octanol–water partition coefficient (Wildman–Crippen LogP) is 4.09. The summed E-state index contributed by atoms with van der Waals surface area (Å²) >= 11 is 3.49. The molecule has 1 atom stereocenters. The van der Waals surface area contributed by atoms with E-state index in [0.29, 0.717) is 18.1 Å². The van der Waals surface area contributed by atoms with E-state index in [1.807, 2.05) is 36.4 Å². The molecule has 2 aromatic carbocycles. The number of hydrogen-bond acceptors (Lipinski definition) is 3. The fourth-order valence-corrected chi connectivity index (χ4v) is 2.23. The van der Waals surface area contributed by atoms with Crippen LogP contribution in [-0.4, -0.2) is 12.2 Å². The van der Waals surface area contributed by atoms with Crippen LogP contribution in [0.25, 0.3) is 0 Å². The number of aliphatic hydroxyl groups is 1. The molecule has 0 aliphatic heterocycles. The molecule has 106 valence electrons. The molecule has 0 bridgehead atoms. The number of rotatable bonds is 5. The molecule has 0 saturated carbocycles. The minimum atomic E-state index is -0.527. The smallest absolute Gasteiger partial charge is 0.161 e. The number of hydrogen-bond donors (Lipinski definition) is 1. The molecule has 2 rings (SSSR count). The number of benzene rings is 2. The van der Waals surface area contributed by atoms with Gasteiger partial charge in [-0.3, -0.25) is 0 Å². The minimum Gasteiger partial charge on any atom is -0.493 e. The van der Waals surface area contributed by atoms with Crippen molar-refractivity contribution in [2.24, 2.45) is 0 Å². The van der Waals surface area contributed by atoms with E-state index in [1.165, 1.54) is 0 Å².